The number of benzene rings is 3. The molecule has 0 aliphatic rings. The number of amides is 2. The van der Waals surface area contributed by atoms with Crippen LogP contribution in [0, 0.1) is 0 Å². The highest BCUT2D eigenvalue weighted by atomic mass is 32.2. The van der Waals surface area contributed by atoms with Crippen molar-refractivity contribution >= 4 is 39.3 Å². The first-order chi connectivity index (χ1) is 19.7. The summed E-state index contributed by atoms with van der Waals surface area (Å²) in [7, 11) is -4.14. The van der Waals surface area contributed by atoms with Crippen LogP contribution in [0.5, 0.6) is 5.75 Å². The van der Waals surface area contributed by atoms with Gasteiger partial charge in [-0.3, -0.25) is 13.9 Å². The Morgan fingerprint density at radius 1 is 0.927 bits per heavy atom. The van der Waals surface area contributed by atoms with Crippen molar-refractivity contribution in [1.82, 2.24) is 10.2 Å². The minimum Gasteiger partial charge on any atom is -0.494 e. The Hall–Kier alpha value is -3.50. The highest BCUT2D eigenvalue weighted by molar-refractivity contribution is 7.98. The molecule has 0 saturated heterocycles. The molecule has 10 heteroatoms. The zero-order valence-corrected chi connectivity index (χ0v) is 25.7. The quantitative estimate of drug-likeness (QED) is 0.238. The van der Waals surface area contributed by atoms with Gasteiger partial charge < -0.3 is 15.0 Å². The smallest absolute Gasteiger partial charge is 0.264 e. The monoisotopic (exact) mass is 597 g/mol. The van der Waals surface area contributed by atoms with Crippen molar-refractivity contribution in [3.05, 3.63) is 84.4 Å². The molecule has 0 saturated carbocycles. The molecule has 0 bridgehead atoms. The van der Waals surface area contributed by atoms with Crippen LogP contribution in [0.25, 0.3) is 0 Å². The Bertz CT molecular complexity index is 1370. The third kappa shape index (κ3) is 8.50. The van der Waals surface area contributed by atoms with E-state index in [4.69, 9.17) is 4.74 Å². The molecule has 3 aromatic rings. The number of nitrogens with zero attached hydrogens (tertiary/aromatic N) is 2. The zero-order valence-electron chi connectivity index (χ0n) is 24.1. The van der Waals surface area contributed by atoms with E-state index in [0.717, 1.165) is 21.2 Å². The van der Waals surface area contributed by atoms with Gasteiger partial charge >= 0.3 is 0 Å². The van der Waals surface area contributed by atoms with Gasteiger partial charge in [0, 0.05) is 18.0 Å². The zero-order chi connectivity index (χ0) is 29.8. The van der Waals surface area contributed by atoms with Crippen LogP contribution in [-0.2, 0) is 26.2 Å². The molecule has 41 heavy (non-hydrogen) atoms. The number of carbonyl (C=O) groups excluding carboxylic acids is 2. The first-order valence-electron chi connectivity index (χ1n) is 13.8. The molecule has 0 aliphatic heterocycles. The van der Waals surface area contributed by atoms with Crippen molar-refractivity contribution in [2.24, 2.45) is 0 Å². The van der Waals surface area contributed by atoms with Crippen molar-refractivity contribution in [3.63, 3.8) is 0 Å². The van der Waals surface area contributed by atoms with Crippen LogP contribution in [0.1, 0.15) is 39.2 Å². The van der Waals surface area contributed by atoms with Gasteiger partial charge in [0.15, 0.2) is 0 Å². The summed E-state index contributed by atoms with van der Waals surface area (Å²) in [5, 5.41) is 2.89. The first kappa shape index (κ1) is 32.0. The van der Waals surface area contributed by atoms with E-state index in [1.165, 1.54) is 16.7 Å². The van der Waals surface area contributed by atoms with Crippen molar-refractivity contribution in [2.45, 2.75) is 56.0 Å². The number of carbonyl (C=O) groups is 2. The largest absolute Gasteiger partial charge is 0.494 e. The Labute approximate surface area is 248 Å². The number of hydrogen-bond acceptors (Lipinski definition) is 6. The van der Waals surface area contributed by atoms with Crippen LogP contribution in [0.4, 0.5) is 5.69 Å². The Balaban J connectivity index is 2.04. The van der Waals surface area contributed by atoms with Crippen LogP contribution in [0.3, 0.4) is 0 Å². The van der Waals surface area contributed by atoms with E-state index >= 15 is 0 Å². The van der Waals surface area contributed by atoms with Crippen molar-refractivity contribution in [2.75, 3.05) is 30.3 Å². The summed E-state index contributed by atoms with van der Waals surface area (Å²) in [5.74, 6) is -0.152. The molecule has 0 spiro atoms. The number of anilines is 1. The SMILES string of the molecule is CCCNC(=O)[C@H](CC)N(Cc1ccccc1)C(=O)CN(c1ccc(OCC)cc1)S(=O)(=O)c1ccc(SC)cc1. The number of hydrogen-bond donors (Lipinski definition) is 1. The molecule has 220 valence electrons. The highest BCUT2D eigenvalue weighted by Crippen LogP contribution is 2.28. The van der Waals surface area contributed by atoms with Crippen LogP contribution < -0.4 is 14.4 Å². The molecular weight excluding hydrogens is 558 g/mol. The van der Waals surface area contributed by atoms with Crippen LogP contribution in [0.15, 0.2) is 88.7 Å². The maximum atomic E-state index is 14.1. The van der Waals surface area contributed by atoms with Gasteiger partial charge in [-0.1, -0.05) is 44.2 Å². The van der Waals surface area contributed by atoms with Gasteiger partial charge in [0.25, 0.3) is 10.0 Å². The molecule has 3 aromatic carbocycles. The molecule has 0 fully saturated rings. The van der Waals surface area contributed by atoms with E-state index < -0.39 is 28.5 Å². The van der Waals surface area contributed by atoms with Crippen LogP contribution >= 0.6 is 11.8 Å². The Kier molecular flexibility index (Phi) is 12.1. The summed E-state index contributed by atoms with van der Waals surface area (Å²) in [6, 6.07) is 21.8. The molecule has 0 radical (unpaired) electrons. The summed E-state index contributed by atoms with van der Waals surface area (Å²) < 4.78 is 34.7. The lowest BCUT2D eigenvalue weighted by Crippen LogP contribution is -2.52. The third-order valence-electron chi connectivity index (χ3n) is 6.49. The van der Waals surface area contributed by atoms with Gasteiger partial charge in [0.2, 0.25) is 11.8 Å². The topological polar surface area (TPSA) is 96.0 Å². The first-order valence-corrected chi connectivity index (χ1v) is 16.4. The fourth-order valence-corrected chi connectivity index (χ4v) is 6.17. The summed E-state index contributed by atoms with van der Waals surface area (Å²) in [4.78, 5) is 29.7. The van der Waals surface area contributed by atoms with Crippen LogP contribution in [0.2, 0.25) is 0 Å². The molecule has 2 amide bonds. The van der Waals surface area contributed by atoms with E-state index in [0.29, 0.717) is 31.0 Å². The molecule has 1 atom stereocenters. The maximum Gasteiger partial charge on any atom is 0.264 e. The molecule has 0 aromatic heterocycles. The Morgan fingerprint density at radius 2 is 1.59 bits per heavy atom. The van der Waals surface area contributed by atoms with E-state index in [1.54, 1.807) is 48.5 Å². The van der Waals surface area contributed by atoms with Gasteiger partial charge in [-0.15, -0.1) is 11.8 Å². The highest BCUT2D eigenvalue weighted by Gasteiger charge is 2.33. The standard InChI is InChI=1S/C31H39N3O5S2/c1-5-21-32-31(36)29(6-2)33(22-24-11-9-8-10-12-24)30(35)23-34(25-13-15-26(16-14-25)39-7-3)41(37,38)28-19-17-27(40-4)18-20-28/h8-20,29H,5-7,21-23H2,1-4H3,(H,32,36)/t29-/m0/s1. The second kappa shape index (κ2) is 15.5. The molecule has 3 rings (SSSR count). The minimum atomic E-state index is -4.14. The van der Waals surface area contributed by atoms with E-state index in [-0.39, 0.29) is 17.3 Å². The van der Waals surface area contributed by atoms with Gasteiger partial charge in [0.1, 0.15) is 18.3 Å². The third-order valence-corrected chi connectivity index (χ3v) is 9.02. The second-order valence-corrected chi connectivity index (χ2v) is 12.1. The lowest BCUT2D eigenvalue weighted by molar-refractivity contribution is -0.140. The van der Waals surface area contributed by atoms with Crippen molar-refractivity contribution in [3.8, 4) is 5.75 Å². The van der Waals surface area contributed by atoms with Gasteiger partial charge in [-0.25, -0.2) is 8.42 Å². The molecule has 0 aliphatic carbocycles. The normalized spacial score (nSPS) is 11.9. The lowest BCUT2D eigenvalue weighted by atomic mass is 10.1. The van der Waals surface area contributed by atoms with Gasteiger partial charge in [-0.05, 0) is 80.1 Å². The van der Waals surface area contributed by atoms with Gasteiger partial charge in [0.05, 0.1) is 17.2 Å². The average Bonchev–Trinajstić information content (AvgIpc) is 2.99. The summed E-state index contributed by atoms with van der Waals surface area (Å²) in [5.41, 5.74) is 1.16. The number of nitrogens with one attached hydrogen (secondary N) is 1. The molecular formula is C31H39N3O5S2. The predicted octanol–water partition coefficient (Wildman–Crippen LogP) is 5.34. The molecule has 0 heterocycles. The predicted molar refractivity (Wildman–Crippen MR) is 165 cm³/mol. The minimum absolute atomic E-state index is 0.0688. The Morgan fingerprint density at radius 3 is 2.15 bits per heavy atom. The fourth-order valence-electron chi connectivity index (χ4n) is 4.34. The maximum absolute atomic E-state index is 14.1. The molecule has 0 unspecified atom stereocenters. The number of rotatable bonds is 15. The molecule has 1 N–H and O–H groups in total. The van der Waals surface area contributed by atoms with Gasteiger partial charge in [-0.2, -0.15) is 0 Å². The number of thioether (sulfide) groups is 1. The second-order valence-electron chi connectivity index (χ2n) is 9.34. The summed E-state index contributed by atoms with van der Waals surface area (Å²) in [6.45, 7) is 6.30. The van der Waals surface area contributed by atoms with E-state index in [9.17, 15) is 18.0 Å². The fraction of sp³-hybridized carbons (Fsp3) is 0.355. The summed E-state index contributed by atoms with van der Waals surface area (Å²) in [6.07, 6.45) is 3.05. The molecule has 8 nitrogen and oxygen atoms in total. The average molecular weight is 598 g/mol. The van der Waals surface area contributed by atoms with E-state index in [1.807, 2.05) is 57.4 Å². The lowest BCUT2D eigenvalue weighted by Gasteiger charge is -2.33. The van der Waals surface area contributed by atoms with Crippen LogP contribution in [-0.4, -0.2) is 57.1 Å². The summed E-state index contributed by atoms with van der Waals surface area (Å²) >= 11 is 1.51. The van der Waals surface area contributed by atoms with E-state index in [2.05, 4.69) is 5.32 Å². The van der Waals surface area contributed by atoms with Crippen molar-refractivity contribution in [1.29, 1.82) is 0 Å². The number of sulfonamides is 1. The van der Waals surface area contributed by atoms with Crippen molar-refractivity contribution < 1.29 is 22.7 Å². The number of ether oxygens (including phenoxy) is 1.